The molecule has 0 amide bonds. The van der Waals surface area contributed by atoms with E-state index in [4.69, 9.17) is 4.98 Å². The Kier molecular flexibility index (Phi) is 5.97. The zero-order valence-electron chi connectivity index (χ0n) is 19.1. The fourth-order valence-electron chi connectivity index (χ4n) is 5.30. The molecule has 0 N–H and O–H groups in total. The molecule has 2 aromatic carbocycles. The average Bonchev–Trinajstić information content (AvgIpc) is 3.54. The lowest BCUT2D eigenvalue weighted by Gasteiger charge is -2.39. The molecule has 1 aliphatic carbocycles. The number of benzene rings is 2. The van der Waals surface area contributed by atoms with Crippen molar-refractivity contribution >= 4 is 26.7 Å². The van der Waals surface area contributed by atoms with Gasteiger partial charge in [0.1, 0.15) is 5.82 Å². The van der Waals surface area contributed by atoms with E-state index in [1.165, 1.54) is 36.1 Å². The molecule has 9 heteroatoms. The van der Waals surface area contributed by atoms with Crippen molar-refractivity contribution in [3.05, 3.63) is 65.7 Å². The van der Waals surface area contributed by atoms with Crippen LogP contribution in [0.5, 0.6) is 0 Å². The number of anilines is 1. The van der Waals surface area contributed by atoms with Crippen LogP contribution in [0, 0.1) is 5.82 Å². The minimum absolute atomic E-state index is 0.102. The van der Waals surface area contributed by atoms with Gasteiger partial charge in [0.15, 0.2) is 11.0 Å². The van der Waals surface area contributed by atoms with Gasteiger partial charge in [-0.05, 0) is 53.1 Å². The van der Waals surface area contributed by atoms with Gasteiger partial charge in [-0.2, -0.15) is 0 Å². The van der Waals surface area contributed by atoms with Crippen LogP contribution in [0.1, 0.15) is 55.6 Å². The molecule has 176 valence electrons. The Balaban J connectivity index is 1.27. The number of para-hydroxylation sites is 1. The van der Waals surface area contributed by atoms with E-state index in [0.717, 1.165) is 61.1 Å². The monoisotopic (exact) mass is 477 g/mol. The Morgan fingerprint density at radius 2 is 1.68 bits per heavy atom. The van der Waals surface area contributed by atoms with E-state index in [0.29, 0.717) is 6.04 Å². The first kappa shape index (κ1) is 21.6. The Bertz CT molecular complexity index is 1210. The van der Waals surface area contributed by atoms with Crippen molar-refractivity contribution in [3.63, 3.8) is 0 Å². The Morgan fingerprint density at radius 3 is 2.44 bits per heavy atom. The van der Waals surface area contributed by atoms with Gasteiger partial charge in [-0.1, -0.05) is 54.9 Å². The third-order valence-electron chi connectivity index (χ3n) is 7.10. The lowest BCUT2D eigenvalue weighted by molar-refractivity contribution is 0.193. The first-order valence-corrected chi connectivity index (χ1v) is 13.0. The smallest absolute Gasteiger partial charge is 0.186 e. The Morgan fingerprint density at radius 1 is 0.912 bits per heavy atom. The summed E-state index contributed by atoms with van der Waals surface area (Å²) < 4.78 is 17.0. The second kappa shape index (κ2) is 9.38. The number of tetrazole rings is 1. The quantitative estimate of drug-likeness (QED) is 0.410. The van der Waals surface area contributed by atoms with E-state index < -0.39 is 0 Å². The Labute approximate surface area is 202 Å². The number of hydrogen-bond acceptors (Lipinski definition) is 7. The molecule has 3 heterocycles. The summed E-state index contributed by atoms with van der Waals surface area (Å²) in [6, 6.07) is 15.4. The largest absolute Gasteiger partial charge is 0.345 e. The molecule has 7 nitrogen and oxygen atoms in total. The van der Waals surface area contributed by atoms with E-state index in [1.807, 2.05) is 22.9 Å². The summed E-state index contributed by atoms with van der Waals surface area (Å²) in [5.41, 5.74) is 2.09. The molecule has 2 aliphatic rings. The lowest BCUT2D eigenvalue weighted by Crippen LogP contribution is -2.48. The van der Waals surface area contributed by atoms with Crippen molar-refractivity contribution < 1.29 is 4.39 Å². The number of halogens is 1. The van der Waals surface area contributed by atoms with Gasteiger partial charge in [0.25, 0.3) is 0 Å². The Hall–Kier alpha value is -2.91. The molecular formula is C25H28FN7S. The van der Waals surface area contributed by atoms with Gasteiger partial charge in [-0.25, -0.2) is 14.1 Å². The third-order valence-corrected chi connectivity index (χ3v) is 8.20. The second-order valence-electron chi connectivity index (χ2n) is 9.21. The van der Waals surface area contributed by atoms with Crippen molar-refractivity contribution in [1.29, 1.82) is 0 Å². The van der Waals surface area contributed by atoms with Crippen molar-refractivity contribution in [3.8, 4) is 0 Å². The van der Waals surface area contributed by atoms with Crippen LogP contribution in [0.2, 0.25) is 0 Å². The van der Waals surface area contributed by atoms with Gasteiger partial charge in [-0.15, -0.1) is 5.10 Å². The number of hydrogen-bond donors (Lipinski definition) is 0. The molecule has 34 heavy (non-hydrogen) atoms. The molecule has 1 aliphatic heterocycles. The highest BCUT2D eigenvalue weighted by Gasteiger charge is 2.33. The van der Waals surface area contributed by atoms with Crippen molar-refractivity contribution in [1.82, 2.24) is 30.1 Å². The highest BCUT2D eigenvalue weighted by atomic mass is 32.1. The maximum atomic E-state index is 13.8. The highest BCUT2D eigenvalue weighted by molar-refractivity contribution is 7.22. The maximum Gasteiger partial charge on any atom is 0.186 e. The van der Waals surface area contributed by atoms with Crippen LogP contribution in [0.25, 0.3) is 10.2 Å². The van der Waals surface area contributed by atoms with Crippen LogP contribution in [0.15, 0.2) is 48.5 Å². The van der Waals surface area contributed by atoms with E-state index in [-0.39, 0.29) is 11.9 Å². The fourth-order valence-corrected chi connectivity index (χ4v) is 6.32. The standard InChI is InChI=1S/C25H28FN7S/c26-19-12-10-18(11-13-19)23(24-28-29-30-33(24)20-6-2-1-3-7-20)31-14-16-32(17-15-31)25-27-21-8-4-5-9-22(21)34-25/h4-5,8-13,20,23H,1-3,6-7,14-17H2/t23-/m0/s1. The molecule has 6 rings (SSSR count). The summed E-state index contributed by atoms with van der Waals surface area (Å²) in [6.45, 7) is 3.47. The van der Waals surface area contributed by atoms with Crippen LogP contribution in [-0.4, -0.2) is 56.3 Å². The molecule has 1 saturated carbocycles. The first-order chi connectivity index (χ1) is 16.8. The van der Waals surface area contributed by atoms with E-state index in [2.05, 4.69) is 43.5 Å². The molecular weight excluding hydrogens is 449 g/mol. The number of piperazine rings is 1. The molecule has 4 aromatic rings. The van der Waals surface area contributed by atoms with Crippen LogP contribution in [0.3, 0.4) is 0 Å². The molecule has 2 fully saturated rings. The molecule has 1 atom stereocenters. The SMILES string of the molecule is Fc1ccc([C@@H](c2nnnn2C2CCCCC2)N2CCN(c3nc4ccccc4s3)CC2)cc1. The number of thiazole rings is 1. The zero-order valence-corrected chi connectivity index (χ0v) is 19.9. The third kappa shape index (κ3) is 4.18. The minimum atomic E-state index is -0.227. The summed E-state index contributed by atoms with van der Waals surface area (Å²) in [6.07, 6.45) is 5.93. The zero-order chi connectivity index (χ0) is 22.9. The lowest BCUT2D eigenvalue weighted by atomic mass is 9.95. The minimum Gasteiger partial charge on any atom is -0.345 e. The number of fused-ring (bicyclic) bond motifs is 1. The predicted octanol–water partition coefficient (Wildman–Crippen LogP) is 4.84. The summed E-state index contributed by atoms with van der Waals surface area (Å²) >= 11 is 1.75. The molecule has 2 aromatic heterocycles. The molecule has 0 spiro atoms. The number of rotatable bonds is 5. The fraction of sp³-hybridized carbons (Fsp3) is 0.440. The summed E-state index contributed by atoms with van der Waals surface area (Å²) in [4.78, 5) is 9.65. The van der Waals surface area contributed by atoms with Gasteiger partial charge in [0, 0.05) is 26.2 Å². The van der Waals surface area contributed by atoms with Crippen molar-refractivity contribution in [2.24, 2.45) is 0 Å². The topological polar surface area (TPSA) is 63.0 Å². The van der Waals surface area contributed by atoms with Crippen LogP contribution in [-0.2, 0) is 0 Å². The predicted molar refractivity (Wildman–Crippen MR) is 132 cm³/mol. The first-order valence-electron chi connectivity index (χ1n) is 12.1. The number of nitrogens with zero attached hydrogens (tertiary/aromatic N) is 7. The number of aromatic nitrogens is 5. The van der Waals surface area contributed by atoms with E-state index >= 15 is 0 Å². The van der Waals surface area contributed by atoms with Crippen molar-refractivity contribution in [2.75, 3.05) is 31.1 Å². The average molecular weight is 478 g/mol. The van der Waals surface area contributed by atoms with Gasteiger partial charge in [0.05, 0.1) is 22.3 Å². The van der Waals surface area contributed by atoms with Crippen LogP contribution < -0.4 is 4.90 Å². The molecule has 0 radical (unpaired) electrons. The van der Waals surface area contributed by atoms with Crippen molar-refractivity contribution in [2.45, 2.75) is 44.2 Å². The van der Waals surface area contributed by atoms with E-state index in [1.54, 1.807) is 11.3 Å². The molecule has 0 bridgehead atoms. The summed E-state index contributed by atoms with van der Waals surface area (Å²) in [5.74, 6) is 0.641. The van der Waals surface area contributed by atoms with Gasteiger partial charge < -0.3 is 4.90 Å². The summed E-state index contributed by atoms with van der Waals surface area (Å²) in [7, 11) is 0. The maximum absolute atomic E-state index is 13.8. The van der Waals surface area contributed by atoms with Gasteiger partial charge >= 0.3 is 0 Å². The second-order valence-corrected chi connectivity index (χ2v) is 10.2. The molecule has 0 unspecified atom stereocenters. The highest BCUT2D eigenvalue weighted by Crippen LogP contribution is 2.35. The summed E-state index contributed by atoms with van der Waals surface area (Å²) in [5, 5.41) is 14.1. The molecule has 1 saturated heterocycles. The van der Waals surface area contributed by atoms with Gasteiger partial charge in [-0.3, -0.25) is 4.90 Å². The normalized spacial score (nSPS) is 19.0. The van der Waals surface area contributed by atoms with E-state index in [9.17, 15) is 4.39 Å². The van der Waals surface area contributed by atoms with Crippen LogP contribution in [0.4, 0.5) is 9.52 Å². The van der Waals surface area contributed by atoms with Gasteiger partial charge in [0.2, 0.25) is 0 Å². The van der Waals surface area contributed by atoms with Crippen LogP contribution >= 0.6 is 11.3 Å².